The molecule has 0 bridgehead atoms. The Labute approximate surface area is 98.3 Å². The molecule has 0 aromatic carbocycles. The van der Waals surface area contributed by atoms with Gasteiger partial charge in [0.1, 0.15) is 5.82 Å². The van der Waals surface area contributed by atoms with Crippen LogP contribution in [0.4, 0.5) is 5.82 Å². The average Bonchev–Trinajstić information content (AvgIpc) is 2.72. The molecular weight excluding hydrogens is 220 g/mol. The second kappa shape index (κ2) is 4.77. The van der Waals surface area contributed by atoms with Gasteiger partial charge in [0.15, 0.2) is 5.82 Å². The summed E-state index contributed by atoms with van der Waals surface area (Å²) in [6, 6.07) is 0. The molecule has 0 spiro atoms. The first-order valence-electron chi connectivity index (χ1n) is 5.33. The van der Waals surface area contributed by atoms with Crippen LogP contribution in [0.15, 0.2) is 12.4 Å². The lowest BCUT2D eigenvalue weighted by atomic mass is 10.4. The van der Waals surface area contributed by atoms with Crippen molar-refractivity contribution in [3.05, 3.63) is 18.2 Å². The molecule has 2 aromatic heterocycles. The lowest BCUT2D eigenvalue weighted by Gasteiger charge is -2.05. The first-order valence-corrected chi connectivity index (χ1v) is 5.33. The largest absolute Gasteiger partial charge is 0.366 e. The maximum atomic E-state index is 11.1. The SMILES string of the molecule is CNC(=O)CCNc1nccn2c(C)nnc12. The fourth-order valence-corrected chi connectivity index (χ4v) is 1.49. The van der Waals surface area contributed by atoms with Gasteiger partial charge in [0.25, 0.3) is 0 Å². The molecule has 0 aliphatic carbocycles. The number of carbonyl (C=O) groups is 1. The maximum absolute atomic E-state index is 11.1. The van der Waals surface area contributed by atoms with Crippen LogP contribution in [-0.2, 0) is 4.79 Å². The number of nitrogens with one attached hydrogen (secondary N) is 2. The Balaban J connectivity index is 2.11. The minimum Gasteiger partial charge on any atom is -0.366 e. The number of anilines is 1. The average molecular weight is 234 g/mol. The summed E-state index contributed by atoms with van der Waals surface area (Å²) in [4.78, 5) is 15.2. The highest BCUT2D eigenvalue weighted by atomic mass is 16.1. The zero-order chi connectivity index (χ0) is 12.3. The van der Waals surface area contributed by atoms with Crippen molar-refractivity contribution in [1.29, 1.82) is 0 Å². The van der Waals surface area contributed by atoms with Crippen LogP contribution in [0.2, 0.25) is 0 Å². The van der Waals surface area contributed by atoms with Gasteiger partial charge in [-0.3, -0.25) is 9.20 Å². The lowest BCUT2D eigenvalue weighted by molar-refractivity contribution is -0.120. The van der Waals surface area contributed by atoms with E-state index in [2.05, 4.69) is 25.8 Å². The molecule has 1 amide bonds. The summed E-state index contributed by atoms with van der Waals surface area (Å²) in [5, 5.41) is 13.6. The summed E-state index contributed by atoms with van der Waals surface area (Å²) in [6.45, 7) is 2.38. The van der Waals surface area contributed by atoms with Gasteiger partial charge in [-0.1, -0.05) is 0 Å². The van der Waals surface area contributed by atoms with Crippen LogP contribution < -0.4 is 10.6 Å². The smallest absolute Gasteiger partial charge is 0.221 e. The first kappa shape index (κ1) is 11.3. The van der Waals surface area contributed by atoms with E-state index in [1.54, 1.807) is 19.4 Å². The van der Waals surface area contributed by atoms with E-state index in [4.69, 9.17) is 0 Å². The third-order valence-corrected chi connectivity index (χ3v) is 2.42. The number of carbonyl (C=O) groups excluding carboxylic acids is 1. The van der Waals surface area contributed by atoms with Crippen LogP contribution in [0.3, 0.4) is 0 Å². The van der Waals surface area contributed by atoms with Gasteiger partial charge in [-0.25, -0.2) is 4.98 Å². The Morgan fingerprint density at radius 2 is 2.29 bits per heavy atom. The molecule has 2 N–H and O–H groups in total. The van der Waals surface area contributed by atoms with E-state index in [9.17, 15) is 4.79 Å². The molecule has 2 heterocycles. The molecule has 0 aliphatic rings. The van der Waals surface area contributed by atoms with E-state index in [0.29, 0.717) is 24.4 Å². The third kappa shape index (κ3) is 2.32. The van der Waals surface area contributed by atoms with Crippen molar-refractivity contribution in [2.24, 2.45) is 0 Å². The van der Waals surface area contributed by atoms with E-state index in [0.717, 1.165) is 5.82 Å². The second-order valence-corrected chi connectivity index (χ2v) is 3.57. The number of rotatable bonds is 4. The van der Waals surface area contributed by atoms with E-state index in [-0.39, 0.29) is 5.91 Å². The molecule has 0 atom stereocenters. The molecule has 7 nitrogen and oxygen atoms in total. The number of aromatic nitrogens is 4. The molecule has 90 valence electrons. The Hall–Kier alpha value is -2.18. The summed E-state index contributed by atoms with van der Waals surface area (Å²) >= 11 is 0. The third-order valence-electron chi connectivity index (χ3n) is 2.42. The van der Waals surface area contributed by atoms with Crippen LogP contribution in [0.25, 0.3) is 5.65 Å². The summed E-state index contributed by atoms with van der Waals surface area (Å²) < 4.78 is 1.84. The minimum atomic E-state index is -0.0119. The van der Waals surface area contributed by atoms with Crippen molar-refractivity contribution in [2.75, 3.05) is 18.9 Å². The number of nitrogens with zero attached hydrogens (tertiary/aromatic N) is 4. The van der Waals surface area contributed by atoms with Crippen molar-refractivity contribution in [1.82, 2.24) is 24.9 Å². The molecule has 0 saturated heterocycles. The van der Waals surface area contributed by atoms with Crippen LogP contribution >= 0.6 is 0 Å². The van der Waals surface area contributed by atoms with E-state index in [1.807, 2.05) is 11.3 Å². The number of fused-ring (bicyclic) bond motifs is 1. The van der Waals surface area contributed by atoms with E-state index in [1.165, 1.54) is 0 Å². The molecule has 2 aromatic rings. The van der Waals surface area contributed by atoms with E-state index < -0.39 is 0 Å². The fraction of sp³-hybridized carbons (Fsp3) is 0.400. The molecule has 0 saturated carbocycles. The van der Waals surface area contributed by atoms with Crippen LogP contribution in [0.1, 0.15) is 12.2 Å². The van der Waals surface area contributed by atoms with Gasteiger partial charge in [-0.2, -0.15) is 0 Å². The Kier molecular flexibility index (Phi) is 3.17. The van der Waals surface area contributed by atoms with Gasteiger partial charge in [0.2, 0.25) is 11.6 Å². The van der Waals surface area contributed by atoms with Crippen LogP contribution in [0.5, 0.6) is 0 Å². The number of amides is 1. The lowest BCUT2D eigenvalue weighted by Crippen LogP contribution is -2.21. The standard InChI is InChI=1S/C10H14N6O/c1-7-14-15-10-9(13-5-6-16(7)10)12-4-3-8(17)11-2/h5-6H,3-4H2,1-2H3,(H,11,17)(H,12,13). The normalized spacial score (nSPS) is 10.5. The fourth-order valence-electron chi connectivity index (χ4n) is 1.49. The highest BCUT2D eigenvalue weighted by Gasteiger charge is 2.07. The molecule has 2 rings (SSSR count). The Bertz CT molecular complexity index is 535. The second-order valence-electron chi connectivity index (χ2n) is 3.57. The molecular formula is C10H14N6O. The molecule has 7 heteroatoms. The van der Waals surface area contributed by atoms with Gasteiger partial charge in [-0.15, -0.1) is 10.2 Å². The molecule has 0 radical (unpaired) electrons. The zero-order valence-electron chi connectivity index (χ0n) is 9.77. The Morgan fingerprint density at radius 3 is 3.06 bits per heavy atom. The van der Waals surface area contributed by atoms with Crippen LogP contribution in [-0.4, -0.2) is 39.1 Å². The van der Waals surface area contributed by atoms with Crippen molar-refractivity contribution in [3.63, 3.8) is 0 Å². The predicted octanol–water partition coefficient (Wildman–Crippen LogP) is -0.0193. The summed E-state index contributed by atoms with van der Waals surface area (Å²) in [5.41, 5.74) is 0.668. The quantitative estimate of drug-likeness (QED) is 0.776. The summed E-state index contributed by atoms with van der Waals surface area (Å²) in [6.07, 6.45) is 3.87. The van der Waals surface area contributed by atoms with Crippen LogP contribution in [0, 0.1) is 6.92 Å². The van der Waals surface area contributed by atoms with Gasteiger partial charge in [0, 0.05) is 32.4 Å². The summed E-state index contributed by atoms with van der Waals surface area (Å²) in [7, 11) is 1.61. The Morgan fingerprint density at radius 1 is 1.47 bits per heavy atom. The first-order chi connectivity index (χ1) is 8.22. The topological polar surface area (TPSA) is 84.2 Å². The number of aryl methyl sites for hydroxylation is 1. The van der Waals surface area contributed by atoms with Gasteiger partial charge < -0.3 is 10.6 Å². The number of hydrogen-bond acceptors (Lipinski definition) is 5. The van der Waals surface area contributed by atoms with Gasteiger partial charge in [0.05, 0.1) is 0 Å². The molecule has 0 aliphatic heterocycles. The molecule has 0 unspecified atom stereocenters. The molecule has 0 fully saturated rings. The predicted molar refractivity (Wildman–Crippen MR) is 62.7 cm³/mol. The highest BCUT2D eigenvalue weighted by Crippen LogP contribution is 2.11. The van der Waals surface area contributed by atoms with Crippen molar-refractivity contribution in [3.8, 4) is 0 Å². The van der Waals surface area contributed by atoms with Gasteiger partial charge >= 0.3 is 0 Å². The number of hydrogen-bond donors (Lipinski definition) is 2. The highest BCUT2D eigenvalue weighted by molar-refractivity contribution is 5.76. The molecule has 17 heavy (non-hydrogen) atoms. The maximum Gasteiger partial charge on any atom is 0.221 e. The van der Waals surface area contributed by atoms with E-state index >= 15 is 0 Å². The summed E-state index contributed by atoms with van der Waals surface area (Å²) in [5.74, 6) is 1.43. The monoisotopic (exact) mass is 234 g/mol. The van der Waals surface area contributed by atoms with Crippen molar-refractivity contribution in [2.45, 2.75) is 13.3 Å². The zero-order valence-corrected chi connectivity index (χ0v) is 9.77. The minimum absolute atomic E-state index is 0.0119. The van der Waals surface area contributed by atoms with Gasteiger partial charge in [-0.05, 0) is 6.92 Å². The van der Waals surface area contributed by atoms with Crippen molar-refractivity contribution < 1.29 is 4.79 Å². The van der Waals surface area contributed by atoms with Crippen molar-refractivity contribution >= 4 is 17.4 Å².